The molecule has 6 aromatic rings. The van der Waals surface area contributed by atoms with Gasteiger partial charge in [-0.15, -0.1) is 16.6 Å². The normalized spacial score (nSPS) is 12.9. The van der Waals surface area contributed by atoms with Crippen molar-refractivity contribution in [3.05, 3.63) is 117 Å². The van der Waals surface area contributed by atoms with Gasteiger partial charge in [0.2, 0.25) is 0 Å². The molecular weight excluding hydrogens is 599 g/mol. The third-order valence-electron chi connectivity index (χ3n) is 5.70. The average Bonchev–Trinajstić information content (AvgIpc) is 3.54. The maximum absolute atomic E-state index is 4.58. The number of pyridine rings is 2. The SMILES string of the molecule is CN1C=CN(c2[c-]cccc2)[CH-]1.[Ir].[c-]1cccc2c3c4ccccc4ncc3c3cn[c-]n3c12. The maximum atomic E-state index is 4.58. The molecule has 34 heavy (non-hydrogen) atoms. The van der Waals surface area contributed by atoms with E-state index in [0.29, 0.717) is 0 Å². The molecule has 0 atom stereocenters. The van der Waals surface area contributed by atoms with Crippen molar-refractivity contribution in [2.45, 2.75) is 0 Å². The van der Waals surface area contributed by atoms with Crippen molar-refractivity contribution in [1.29, 1.82) is 0 Å². The zero-order chi connectivity index (χ0) is 22.2. The number of nitrogens with zero attached hydrogens (tertiary/aromatic N) is 5. The summed E-state index contributed by atoms with van der Waals surface area (Å²) in [6.45, 7) is 2.01. The first-order chi connectivity index (χ1) is 16.3. The number of hydrogen-bond acceptors (Lipinski definition) is 4. The summed E-state index contributed by atoms with van der Waals surface area (Å²) in [6.07, 6.45) is 10.8. The molecule has 0 aliphatic carbocycles. The summed E-state index contributed by atoms with van der Waals surface area (Å²) >= 11 is 0. The number of rotatable bonds is 1. The Morgan fingerprint density at radius 2 is 1.65 bits per heavy atom. The Hall–Kier alpha value is -3.73. The molecule has 7 rings (SSSR count). The number of anilines is 1. The fourth-order valence-corrected chi connectivity index (χ4v) is 4.20. The van der Waals surface area contributed by atoms with Crippen molar-refractivity contribution in [3.63, 3.8) is 0 Å². The fourth-order valence-electron chi connectivity index (χ4n) is 4.20. The second kappa shape index (κ2) is 9.26. The van der Waals surface area contributed by atoms with Crippen molar-refractivity contribution in [1.82, 2.24) is 19.3 Å². The number of benzene rings is 3. The number of imidazole rings is 1. The molecule has 0 fully saturated rings. The molecule has 6 heteroatoms. The van der Waals surface area contributed by atoms with Gasteiger partial charge in [0, 0.05) is 32.6 Å². The Labute approximate surface area is 211 Å². The van der Waals surface area contributed by atoms with E-state index in [1.165, 1.54) is 5.39 Å². The quantitative estimate of drug-likeness (QED) is 0.178. The van der Waals surface area contributed by atoms with Crippen LogP contribution in [0.1, 0.15) is 0 Å². The van der Waals surface area contributed by atoms with Crippen molar-refractivity contribution in [2.24, 2.45) is 0 Å². The molecule has 5 nitrogen and oxygen atoms in total. The third kappa shape index (κ3) is 3.81. The molecule has 4 heterocycles. The summed E-state index contributed by atoms with van der Waals surface area (Å²) < 4.78 is 1.95. The van der Waals surface area contributed by atoms with Crippen LogP contribution in [0.3, 0.4) is 0 Å². The molecule has 3 aromatic carbocycles. The van der Waals surface area contributed by atoms with Crippen LogP contribution in [0.4, 0.5) is 5.69 Å². The zero-order valence-corrected chi connectivity index (χ0v) is 20.7. The smallest absolute Gasteiger partial charge is 0.0697 e. The van der Waals surface area contributed by atoms with Gasteiger partial charge in [0.25, 0.3) is 0 Å². The van der Waals surface area contributed by atoms with Gasteiger partial charge in [0.05, 0.1) is 5.52 Å². The molecule has 0 saturated heterocycles. The topological polar surface area (TPSA) is 36.7 Å². The van der Waals surface area contributed by atoms with E-state index in [4.69, 9.17) is 0 Å². The first kappa shape index (κ1) is 22.1. The van der Waals surface area contributed by atoms with Crippen LogP contribution in [-0.2, 0) is 20.1 Å². The Morgan fingerprint density at radius 1 is 0.824 bits per heavy atom. The molecule has 169 valence electrons. The number of para-hydroxylation sites is 3. The van der Waals surface area contributed by atoms with Gasteiger partial charge < -0.3 is 19.2 Å². The van der Waals surface area contributed by atoms with Gasteiger partial charge in [0.15, 0.2) is 0 Å². The molecular formula is C28H19IrN5-4. The monoisotopic (exact) mass is 618 g/mol. The third-order valence-corrected chi connectivity index (χ3v) is 5.70. The predicted molar refractivity (Wildman–Crippen MR) is 132 cm³/mol. The van der Waals surface area contributed by atoms with Gasteiger partial charge in [-0.3, -0.25) is 4.98 Å². The van der Waals surface area contributed by atoms with E-state index >= 15 is 0 Å². The first-order valence-corrected chi connectivity index (χ1v) is 10.6. The van der Waals surface area contributed by atoms with Crippen LogP contribution in [0.2, 0.25) is 0 Å². The van der Waals surface area contributed by atoms with Gasteiger partial charge in [-0.1, -0.05) is 35.3 Å². The van der Waals surface area contributed by atoms with Crippen LogP contribution in [0.5, 0.6) is 0 Å². The maximum Gasteiger partial charge on any atom is 0.0697 e. The minimum Gasteiger partial charge on any atom is -0.510 e. The summed E-state index contributed by atoms with van der Waals surface area (Å²) in [6, 6.07) is 28.6. The standard InChI is InChI=1S/C18H9N3.C10H10N2.Ir/c1-3-7-15-12(5-1)18-13-6-2-4-8-16(13)21-11-19-10-17(21)14(18)9-20-15;1-11-7-8-12(9-11)10-5-3-2-4-6-10;/h1-7,9-10H;2-5,7-9H,1H3;/q2*-2;. The van der Waals surface area contributed by atoms with E-state index in [0.717, 1.165) is 38.4 Å². The van der Waals surface area contributed by atoms with Crippen LogP contribution in [0, 0.1) is 25.1 Å². The summed E-state index contributed by atoms with van der Waals surface area (Å²) in [4.78, 5) is 12.8. The molecule has 1 radical (unpaired) electrons. The molecule has 0 amide bonds. The van der Waals surface area contributed by atoms with Gasteiger partial charge in [-0.05, 0) is 36.3 Å². The summed E-state index contributed by atoms with van der Waals surface area (Å²) in [5.74, 6) is 0. The minimum atomic E-state index is 0. The largest absolute Gasteiger partial charge is 0.510 e. The number of aromatic nitrogens is 3. The number of fused-ring (bicyclic) bond motifs is 8. The minimum absolute atomic E-state index is 0. The molecule has 0 saturated carbocycles. The molecule has 0 spiro atoms. The molecule has 1 aliphatic rings. The Kier molecular flexibility index (Phi) is 6.01. The molecule has 0 N–H and O–H groups in total. The Morgan fingerprint density at radius 3 is 2.47 bits per heavy atom. The summed E-state index contributed by atoms with van der Waals surface area (Å²) in [5.41, 5.74) is 4.08. The summed E-state index contributed by atoms with van der Waals surface area (Å²) in [7, 11) is 2.00. The fraction of sp³-hybridized carbons (Fsp3) is 0.0357. The van der Waals surface area contributed by atoms with E-state index < -0.39 is 0 Å². The van der Waals surface area contributed by atoms with Crippen molar-refractivity contribution in [3.8, 4) is 0 Å². The zero-order valence-electron chi connectivity index (χ0n) is 18.3. The van der Waals surface area contributed by atoms with Crippen LogP contribution < -0.4 is 4.90 Å². The molecule has 0 bridgehead atoms. The van der Waals surface area contributed by atoms with Gasteiger partial charge >= 0.3 is 0 Å². The predicted octanol–water partition coefficient (Wildman–Crippen LogP) is 5.62. The molecule has 1 aliphatic heterocycles. The van der Waals surface area contributed by atoms with Gasteiger partial charge in [0.1, 0.15) is 0 Å². The van der Waals surface area contributed by atoms with Crippen LogP contribution in [0.15, 0.2) is 91.5 Å². The van der Waals surface area contributed by atoms with Gasteiger partial charge in [-0.25, -0.2) is 6.07 Å². The van der Waals surface area contributed by atoms with E-state index in [2.05, 4.69) is 46.6 Å². The van der Waals surface area contributed by atoms with Crippen LogP contribution in [-0.4, -0.2) is 26.3 Å². The van der Waals surface area contributed by atoms with E-state index in [-0.39, 0.29) is 20.1 Å². The second-order valence-corrected chi connectivity index (χ2v) is 7.81. The second-order valence-electron chi connectivity index (χ2n) is 7.81. The van der Waals surface area contributed by atoms with E-state index in [9.17, 15) is 0 Å². The first-order valence-electron chi connectivity index (χ1n) is 10.6. The van der Waals surface area contributed by atoms with E-state index in [1.54, 1.807) is 0 Å². The van der Waals surface area contributed by atoms with E-state index in [1.807, 2.05) is 101 Å². The Balaban J connectivity index is 0.000000159. The molecule has 3 aromatic heterocycles. The van der Waals surface area contributed by atoms with Crippen molar-refractivity contribution in [2.75, 3.05) is 11.9 Å². The Bertz CT molecular complexity index is 1620. The summed E-state index contributed by atoms with van der Waals surface area (Å²) in [5, 5.41) is 4.60. The van der Waals surface area contributed by atoms with Crippen molar-refractivity contribution >= 4 is 43.8 Å². The molecule has 0 unspecified atom stereocenters. The average molecular weight is 618 g/mol. The van der Waals surface area contributed by atoms with Crippen LogP contribution in [0.25, 0.3) is 38.1 Å². The number of hydrogen-bond donors (Lipinski definition) is 0. The van der Waals surface area contributed by atoms with Gasteiger partial charge in [-0.2, -0.15) is 55.2 Å². The van der Waals surface area contributed by atoms with Crippen molar-refractivity contribution < 1.29 is 20.1 Å². The van der Waals surface area contributed by atoms with Crippen LogP contribution >= 0.6 is 0 Å².